The lowest BCUT2D eigenvalue weighted by Gasteiger charge is -2.07. The zero-order valence-electron chi connectivity index (χ0n) is 14.0. The number of aryl methyl sites for hydroxylation is 1. The van der Waals surface area contributed by atoms with Gasteiger partial charge in [-0.1, -0.05) is 17.8 Å². The summed E-state index contributed by atoms with van der Waals surface area (Å²) in [5.41, 5.74) is 2.12. The summed E-state index contributed by atoms with van der Waals surface area (Å²) < 4.78 is 3.44. The first kappa shape index (κ1) is 19.2. The van der Waals surface area contributed by atoms with Crippen molar-refractivity contribution in [1.82, 2.24) is 34.7 Å². The first-order valence-corrected chi connectivity index (χ1v) is 8.49. The summed E-state index contributed by atoms with van der Waals surface area (Å²) in [6.45, 7) is 6.94. The zero-order valence-corrected chi connectivity index (χ0v) is 15.7. The van der Waals surface area contributed by atoms with Crippen molar-refractivity contribution in [2.24, 2.45) is 0 Å². The van der Waals surface area contributed by atoms with Crippen LogP contribution in [0.1, 0.15) is 17.2 Å². The second kappa shape index (κ2) is 8.32. The zero-order chi connectivity index (χ0) is 17.1. The van der Waals surface area contributed by atoms with Crippen LogP contribution in [-0.2, 0) is 18.8 Å². The molecule has 3 rings (SSSR count). The van der Waals surface area contributed by atoms with E-state index in [1.807, 2.05) is 30.7 Å². The van der Waals surface area contributed by atoms with Crippen molar-refractivity contribution in [1.29, 1.82) is 0 Å². The lowest BCUT2D eigenvalue weighted by Crippen LogP contribution is -2.15. The highest BCUT2D eigenvalue weighted by Crippen LogP contribution is 2.21. The number of thioether (sulfide) groups is 1. The molecule has 0 bridgehead atoms. The molecule has 0 radical (unpaired) electrons. The van der Waals surface area contributed by atoms with E-state index in [0.29, 0.717) is 30.2 Å². The van der Waals surface area contributed by atoms with E-state index in [2.05, 4.69) is 32.2 Å². The molecule has 0 atom stereocenters. The third kappa shape index (κ3) is 4.12. The molecule has 3 heterocycles. The van der Waals surface area contributed by atoms with Gasteiger partial charge in [0, 0.05) is 30.1 Å². The van der Waals surface area contributed by atoms with Gasteiger partial charge in [-0.15, -0.1) is 29.2 Å². The van der Waals surface area contributed by atoms with Crippen molar-refractivity contribution in [2.75, 3.05) is 7.05 Å². The fourth-order valence-corrected chi connectivity index (χ4v) is 3.26. The number of aromatic nitrogens is 6. The van der Waals surface area contributed by atoms with Crippen LogP contribution in [0.4, 0.5) is 0 Å². The summed E-state index contributed by atoms with van der Waals surface area (Å²) in [4.78, 5) is 16.6. The van der Waals surface area contributed by atoms with Crippen LogP contribution >= 0.6 is 24.2 Å². The minimum atomic E-state index is -0.118. The molecule has 0 aliphatic carbocycles. The van der Waals surface area contributed by atoms with Gasteiger partial charge in [-0.25, -0.2) is 9.50 Å². The van der Waals surface area contributed by atoms with Crippen LogP contribution in [0.2, 0.25) is 0 Å². The lowest BCUT2D eigenvalue weighted by atomic mass is 10.4. The van der Waals surface area contributed by atoms with E-state index in [0.717, 1.165) is 16.7 Å². The number of hydrogen-bond acceptors (Lipinski definition) is 6. The Bertz CT molecular complexity index is 930. The first-order chi connectivity index (χ1) is 11.6. The van der Waals surface area contributed by atoms with Crippen LogP contribution in [0.25, 0.3) is 5.65 Å². The number of fused-ring (bicyclic) bond motifs is 1. The van der Waals surface area contributed by atoms with Gasteiger partial charge in [-0.05, 0) is 14.0 Å². The van der Waals surface area contributed by atoms with Gasteiger partial charge in [0.25, 0.3) is 5.56 Å². The van der Waals surface area contributed by atoms with Crippen LogP contribution in [0.5, 0.6) is 0 Å². The predicted molar refractivity (Wildman–Crippen MR) is 100 cm³/mol. The topological polar surface area (TPSA) is 92.9 Å². The Morgan fingerprint density at radius 3 is 2.92 bits per heavy atom. The quantitative estimate of drug-likeness (QED) is 0.476. The summed E-state index contributed by atoms with van der Waals surface area (Å²) in [5, 5.41) is 15.2. The molecule has 0 spiro atoms. The fraction of sp³-hybridized carbons (Fsp3) is 0.333. The summed E-state index contributed by atoms with van der Waals surface area (Å²) in [6, 6.07) is 3.39. The van der Waals surface area contributed by atoms with Gasteiger partial charge in [0.2, 0.25) is 0 Å². The van der Waals surface area contributed by atoms with Crippen molar-refractivity contribution in [3.8, 4) is 0 Å². The number of halogens is 1. The highest BCUT2D eigenvalue weighted by Gasteiger charge is 2.12. The molecule has 3 aromatic heterocycles. The number of H-pyrrole nitrogens is 1. The lowest BCUT2D eigenvalue weighted by molar-refractivity contribution is 0.646. The Morgan fingerprint density at radius 2 is 2.20 bits per heavy atom. The second-order valence-corrected chi connectivity index (χ2v) is 6.28. The fourth-order valence-electron chi connectivity index (χ4n) is 2.40. The minimum absolute atomic E-state index is 0. The Kier molecular flexibility index (Phi) is 6.40. The third-order valence-electron chi connectivity index (χ3n) is 3.42. The number of hydrogen-bond donors (Lipinski definition) is 2. The summed E-state index contributed by atoms with van der Waals surface area (Å²) in [5.74, 6) is 1.40. The van der Waals surface area contributed by atoms with E-state index in [9.17, 15) is 4.79 Å². The normalized spacial score (nSPS) is 10.8. The molecule has 3 aromatic rings. The molecule has 0 saturated carbocycles. The van der Waals surface area contributed by atoms with Gasteiger partial charge in [0.05, 0.1) is 12.2 Å². The molecule has 0 saturated heterocycles. The van der Waals surface area contributed by atoms with Gasteiger partial charge in [0.1, 0.15) is 5.82 Å². The molecule has 0 fully saturated rings. The Morgan fingerprint density at radius 1 is 1.40 bits per heavy atom. The van der Waals surface area contributed by atoms with E-state index >= 15 is 0 Å². The van der Waals surface area contributed by atoms with E-state index < -0.39 is 0 Å². The number of nitrogens with zero attached hydrogens (tertiary/aromatic N) is 5. The molecule has 134 valence electrons. The molecule has 0 amide bonds. The van der Waals surface area contributed by atoms with Crippen molar-refractivity contribution in [3.05, 3.63) is 52.4 Å². The van der Waals surface area contributed by atoms with Gasteiger partial charge >= 0.3 is 0 Å². The molecule has 10 heteroatoms. The maximum atomic E-state index is 12.1. The molecule has 2 N–H and O–H groups in total. The Hall–Kier alpha value is -2.10. The third-order valence-corrected chi connectivity index (χ3v) is 4.42. The molecule has 0 unspecified atom stereocenters. The van der Waals surface area contributed by atoms with Crippen LogP contribution in [0.15, 0.2) is 34.7 Å². The minimum Gasteiger partial charge on any atom is -0.313 e. The molecule has 0 aliphatic rings. The summed E-state index contributed by atoms with van der Waals surface area (Å²) >= 11 is 1.50. The van der Waals surface area contributed by atoms with E-state index in [1.54, 1.807) is 6.07 Å². The number of aromatic amines is 1. The van der Waals surface area contributed by atoms with Crippen LogP contribution in [-0.4, -0.2) is 36.4 Å². The van der Waals surface area contributed by atoms with E-state index in [-0.39, 0.29) is 18.0 Å². The molecule has 0 aliphatic heterocycles. The highest BCUT2D eigenvalue weighted by molar-refractivity contribution is 7.98. The number of rotatable bonds is 7. The highest BCUT2D eigenvalue weighted by atomic mass is 35.5. The van der Waals surface area contributed by atoms with Gasteiger partial charge < -0.3 is 9.88 Å². The smallest absolute Gasteiger partial charge is 0.272 e. The van der Waals surface area contributed by atoms with E-state index in [1.165, 1.54) is 16.3 Å². The van der Waals surface area contributed by atoms with Crippen LogP contribution in [0, 0.1) is 6.92 Å². The van der Waals surface area contributed by atoms with Crippen LogP contribution in [0.3, 0.4) is 0 Å². The summed E-state index contributed by atoms with van der Waals surface area (Å²) in [7, 11) is 1.87. The number of allylic oxidation sites excluding steroid dienone is 1. The molecular formula is C15H20ClN7OS. The maximum Gasteiger partial charge on any atom is 0.272 e. The SMILES string of the molecule is C=CCn1c(CNC)nnc1SCc1cc(=O)n2[nH]c(C)cc2n1.Cl. The van der Waals surface area contributed by atoms with Crippen LogP contribution < -0.4 is 10.9 Å². The van der Waals surface area contributed by atoms with Gasteiger partial charge in [0.15, 0.2) is 10.8 Å². The summed E-state index contributed by atoms with van der Waals surface area (Å²) in [6.07, 6.45) is 1.81. The largest absolute Gasteiger partial charge is 0.313 e. The van der Waals surface area contributed by atoms with Gasteiger partial charge in [-0.2, -0.15) is 0 Å². The molecule has 0 aromatic carbocycles. The van der Waals surface area contributed by atoms with Gasteiger partial charge in [-0.3, -0.25) is 9.89 Å². The molecule has 8 nitrogen and oxygen atoms in total. The average molecular weight is 382 g/mol. The molecular weight excluding hydrogens is 362 g/mol. The van der Waals surface area contributed by atoms with Crippen molar-refractivity contribution in [3.63, 3.8) is 0 Å². The monoisotopic (exact) mass is 381 g/mol. The standard InChI is InChI=1S/C15H19N7OS.ClH/c1-4-5-21-13(8-16-3)18-19-15(21)24-9-11-7-14(23)22-12(17-11)6-10(2)20-22;/h4,6-7,16,20H,1,5,8-9H2,2-3H3;1H. The van der Waals surface area contributed by atoms with Crippen molar-refractivity contribution >= 4 is 29.8 Å². The second-order valence-electron chi connectivity index (χ2n) is 5.34. The first-order valence-electron chi connectivity index (χ1n) is 7.51. The Balaban J connectivity index is 0.00000225. The van der Waals surface area contributed by atoms with E-state index in [4.69, 9.17) is 0 Å². The Labute approximate surface area is 155 Å². The predicted octanol–water partition coefficient (Wildman–Crippen LogP) is 1.54. The van der Waals surface area contributed by atoms with Crippen molar-refractivity contribution < 1.29 is 0 Å². The number of nitrogens with one attached hydrogen (secondary N) is 2. The van der Waals surface area contributed by atoms with Crippen molar-refractivity contribution in [2.45, 2.75) is 30.9 Å². The maximum absolute atomic E-state index is 12.1. The average Bonchev–Trinajstić information content (AvgIpc) is 3.10. The molecule has 25 heavy (non-hydrogen) atoms.